The molecule has 0 bridgehead atoms. The van der Waals surface area contributed by atoms with Gasteiger partial charge in [0.25, 0.3) is 0 Å². The van der Waals surface area contributed by atoms with Crippen LogP contribution in [0.3, 0.4) is 0 Å². The molecule has 0 aliphatic rings. The molecule has 0 fully saturated rings. The molecule has 0 radical (unpaired) electrons. The Kier molecular flexibility index (Phi) is 13.8. The average molecular weight is 362 g/mol. The summed E-state index contributed by atoms with van der Waals surface area (Å²) in [4.78, 5) is 24.5. The molecule has 0 aromatic carbocycles. The lowest BCUT2D eigenvalue weighted by atomic mass is 10.0. The van der Waals surface area contributed by atoms with Gasteiger partial charge >= 0.3 is 0 Å². The molecule has 0 aromatic rings. The van der Waals surface area contributed by atoms with Gasteiger partial charge in [0.15, 0.2) is 11.6 Å². The molecule has 0 aliphatic heterocycles. The summed E-state index contributed by atoms with van der Waals surface area (Å²) in [6.07, 6.45) is 0.496. The van der Waals surface area contributed by atoms with Crippen molar-refractivity contribution < 1.29 is 34.8 Å². The quantitative estimate of drug-likeness (QED) is 0.299. The third-order valence-electron chi connectivity index (χ3n) is 4.11. The molecule has 0 amide bonds. The maximum atomic E-state index is 12.2. The van der Waals surface area contributed by atoms with Crippen LogP contribution in [0.15, 0.2) is 0 Å². The van der Waals surface area contributed by atoms with Crippen molar-refractivity contribution in [3.63, 3.8) is 0 Å². The van der Waals surface area contributed by atoms with Crippen LogP contribution in [0.2, 0.25) is 0 Å². The summed E-state index contributed by atoms with van der Waals surface area (Å²) in [5.41, 5.74) is 0. The van der Waals surface area contributed by atoms with Gasteiger partial charge in [-0.1, -0.05) is 52.4 Å². The molecule has 0 saturated carbocycles. The molecule has 25 heavy (non-hydrogen) atoms. The summed E-state index contributed by atoms with van der Waals surface area (Å²) in [5.74, 6) is -1.32. The summed E-state index contributed by atoms with van der Waals surface area (Å²) in [6.45, 7) is 2.60. The zero-order valence-corrected chi connectivity index (χ0v) is 15.4. The molecule has 4 unspecified atom stereocenters. The van der Waals surface area contributed by atoms with Gasteiger partial charge in [-0.3, -0.25) is 9.59 Å². The number of ketones is 2. The average Bonchev–Trinajstić information content (AvgIpc) is 2.63. The minimum atomic E-state index is -1.55. The van der Waals surface area contributed by atoms with Crippen molar-refractivity contribution in [1.29, 1.82) is 0 Å². The monoisotopic (exact) mass is 362 g/mol. The molecule has 7 nitrogen and oxygen atoms in total. The van der Waals surface area contributed by atoms with Gasteiger partial charge in [-0.2, -0.15) is 0 Å². The third kappa shape index (κ3) is 9.42. The van der Waals surface area contributed by atoms with E-state index >= 15 is 0 Å². The predicted octanol–water partition coefficient (Wildman–Crippen LogP) is 0.745. The molecule has 0 rings (SSSR count). The first-order valence-electron chi connectivity index (χ1n) is 9.23. The lowest BCUT2D eigenvalue weighted by molar-refractivity contribution is -0.156. The zero-order chi connectivity index (χ0) is 19.2. The molecule has 0 heterocycles. The van der Waals surface area contributed by atoms with E-state index in [9.17, 15) is 19.8 Å². The standard InChI is InChI=1S/C18H34O7/c1-3-5-7-9-15(17(23)13(21)11-19)25-16(10-8-6-4-2)18(24)14(22)12-20/h13-16,19-22H,3-12H2,1-2H3. The van der Waals surface area contributed by atoms with E-state index in [-0.39, 0.29) is 0 Å². The first-order chi connectivity index (χ1) is 11.9. The van der Waals surface area contributed by atoms with Gasteiger partial charge < -0.3 is 25.2 Å². The zero-order valence-electron chi connectivity index (χ0n) is 15.4. The van der Waals surface area contributed by atoms with E-state index in [1.54, 1.807) is 0 Å². The number of aliphatic hydroxyl groups is 4. The van der Waals surface area contributed by atoms with Crippen LogP contribution in [0.25, 0.3) is 0 Å². The Morgan fingerprint density at radius 3 is 1.40 bits per heavy atom. The number of Topliss-reactive ketones (excluding diaryl/α,β-unsaturated/α-hetero) is 2. The highest BCUT2D eigenvalue weighted by molar-refractivity contribution is 5.89. The number of carbonyl (C=O) groups excluding carboxylic acids is 2. The van der Waals surface area contributed by atoms with E-state index in [1.165, 1.54) is 0 Å². The van der Waals surface area contributed by atoms with Gasteiger partial charge in [0.1, 0.15) is 24.4 Å². The predicted molar refractivity (Wildman–Crippen MR) is 93.1 cm³/mol. The van der Waals surface area contributed by atoms with Crippen molar-refractivity contribution in [2.75, 3.05) is 13.2 Å². The first kappa shape index (κ1) is 24.1. The van der Waals surface area contributed by atoms with Crippen molar-refractivity contribution in [1.82, 2.24) is 0 Å². The van der Waals surface area contributed by atoms with Crippen molar-refractivity contribution >= 4 is 11.6 Å². The number of rotatable bonds is 16. The number of hydrogen-bond acceptors (Lipinski definition) is 7. The number of ether oxygens (including phenoxy) is 1. The molecular weight excluding hydrogens is 328 g/mol. The van der Waals surface area contributed by atoms with Gasteiger partial charge in [-0.05, 0) is 12.8 Å². The second kappa shape index (κ2) is 14.3. The number of aliphatic hydroxyl groups excluding tert-OH is 4. The fourth-order valence-electron chi connectivity index (χ4n) is 2.52. The first-order valence-corrected chi connectivity index (χ1v) is 9.23. The van der Waals surface area contributed by atoms with Gasteiger partial charge in [-0.15, -0.1) is 0 Å². The third-order valence-corrected chi connectivity index (χ3v) is 4.11. The minimum Gasteiger partial charge on any atom is -0.393 e. The summed E-state index contributed by atoms with van der Waals surface area (Å²) in [5, 5.41) is 37.2. The Morgan fingerprint density at radius 2 is 1.12 bits per heavy atom. The van der Waals surface area contributed by atoms with E-state index in [2.05, 4.69) is 0 Å². The van der Waals surface area contributed by atoms with Gasteiger partial charge in [-0.25, -0.2) is 0 Å². The van der Waals surface area contributed by atoms with Crippen molar-refractivity contribution in [3.05, 3.63) is 0 Å². The maximum absolute atomic E-state index is 12.2. The molecule has 4 atom stereocenters. The normalized spacial score (nSPS) is 16.2. The number of hydrogen-bond donors (Lipinski definition) is 4. The molecule has 4 N–H and O–H groups in total. The second-order valence-corrected chi connectivity index (χ2v) is 6.31. The smallest absolute Gasteiger partial charge is 0.192 e. The summed E-state index contributed by atoms with van der Waals surface area (Å²) in [7, 11) is 0. The van der Waals surface area contributed by atoms with Crippen LogP contribution in [0, 0.1) is 0 Å². The number of carbonyl (C=O) groups is 2. The summed E-state index contributed by atoms with van der Waals surface area (Å²) >= 11 is 0. The molecule has 0 saturated heterocycles. The van der Waals surface area contributed by atoms with Crippen LogP contribution >= 0.6 is 0 Å². The minimum absolute atomic E-state index is 0.330. The molecular formula is C18H34O7. The van der Waals surface area contributed by atoms with Crippen molar-refractivity contribution in [2.45, 2.75) is 89.6 Å². The van der Waals surface area contributed by atoms with E-state index in [1.807, 2.05) is 13.8 Å². The summed E-state index contributed by atoms with van der Waals surface area (Å²) in [6, 6.07) is 0. The number of unbranched alkanes of at least 4 members (excludes halogenated alkanes) is 4. The van der Waals surface area contributed by atoms with Crippen molar-refractivity contribution in [2.24, 2.45) is 0 Å². The van der Waals surface area contributed by atoms with Crippen LogP contribution in [-0.2, 0) is 14.3 Å². The van der Waals surface area contributed by atoms with Gasteiger partial charge in [0, 0.05) is 0 Å². The highest BCUT2D eigenvalue weighted by Crippen LogP contribution is 2.17. The van der Waals surface area contributed by atoms with Gasteiger partial charge in [0.2, 0.25) is 0 Å². The Morgan fingerprint density at radius 1 is 0.760 bits per heavy atom. The Labute approximate surface area is 150 Å². The lowest BCUT2D eigenvalue weighted by Crippen LogP contribution is -2.43. The fourth-order valence-corrected chi connectivity index (χ4v) is 2.52. The van der Waals surface area contributed by atoms with Crippen LogP contribution in [0.4, 0.5) is 0 Å². The topological polar surface area (TPSA) is 124 Å². The Balaban J connectivity index is 5.11. The Hall–Kier alpha value is -0.860. The Bertz CT molecular complexity index is 338. The van der Waals surface area contributed by atoms with Crippen molar-refractivity contribution in [3.8, 4) is 0 Å². The maximum Gasteiger partial charge on any atom is 0.192 e. The van der Waals surface area contributed by atoms with E-state index < -0.39 is 49.2 Å². The second-order valence-electron chi connectivity index (χ2n) is 6.31. The van der Waals surface area contributed by atoms with Crippen LogP contribution in [-0.4, -0.2) is 69.6 Å². The van der Waals surface area contributed by atoms with Crippen LogP contribution in [0.5, 0.6) is 0 Å². The van der Waals surface area contributed by atoms with Crippen LogP contribution < -0.4 is 0 Å². The molecule has 0 spiro atoms. The molecule has 0 aromatic heterocycles. The SMILES string of the molecule is CCCCCC(OC(CCCCC)C(=O)C(O)CO)C(=O)C(O)CO. The van der Waals surface area contributed by atoms with Crippen LogP contribution in [0.1, 0.15) is 65.2 Å². The molecule has 148 valence electrons. The van der Waals surface area contributed by atoms with E-state index in [0.717, 1.165) is 25.7 Å². The summed E-state index contributed by atoms with van der Waals surface area (Å²) < 4.78 is 5.67. The molecule has 0 aliphatic carbocycles. The fraction of sp³-hybridized carbons (Fsp3) is 0.889. The highest BCUT2D eigenvalue weighted by Gasteiger charge is 2.32. The van der Waals surface area contributed by atoms with Gasteiger partial charge in [0.05, 0.1) is 13.2 Å². The molecule has 7 heteroatoms. The highest BCUT2D eigenvalue weighted by atomic mass is 16.5. The van der Waals surface area contributed by atoms with E-state index in [4.69, 9.17) is 14.9 Å². The largest absolute Gasteiger partial charge is 0.393 e. The lowest BCUT2D eigenvalue weighted by Gasteiger charge is -2.26. The van der Waals surface area contributed by atoms with E-state index in [0.29, 0.717) is 25.7 Å².